The van der Waals surface area contributed by atoms with E-state index in [1.165, 1.54) is 13.3 Å². The smallest absolute Gasteiger partial charge is 0.148 e. The Labute approximate surface area is 106 Å². The second-order valence-corrected chi connectivity index (χ2v) is 4.38. The van der Waals surface area contributed by atoms with E-state index < -0.39 is 0 Å². The van der Waals surface area contributed by atoms with Crippen molar-refractivity contribution in [2.45, 2.75) is 25.8 Å². The van der Waals surface area contributed by atoms with Gasteiger partial charge in [0.2, 0.25) is 0 Å². The van der Waals surface area contributed by atoms with Crippen LogP contribution < -0.4 is 10.6 Å². The number of ether oxygens (including phenoxy) is 1. The first-order valence-corrected chi connectivity index (χ1v) is 6.13. The second-order valence-electron chi connectivity index (χ2n) is 4.38. The van der Waals surface area contributed by atoms with Gasteiger partial charge < -0.3 is 15.4 Å². The van der Waals surface area contributed by atoms with Crippen molar-refractivity contribution < 1.29 is 9.53 Å². The van der Waals surface area contributed by atoms with Crippen molar-refractivity contribution in [3.8, 4) is 0 Å². The number of hydrogen-bond donors (Lipinski definition) is 2. The first-order chi connectivity index (χ1) is 8.74. The fraction of sp³-hybridized carbons (Fsp3) is 0.583. The van der Waals surface area contributed by atoms with Gasteiger partial charge in [0.15, 0.2) is 0 Å². The van der Waals surface area contributed by atoms with Crippen LogP contribution in [-0.2, 0) is 9.53 Å². The minimum Gasteiger partial charge on any atom is -0.381 e. The molecule has 2 rings (SSSR count). The molecule has 1 aliphatic rings. The van der Waals surface area contributed by atoms with Gasteiger partial charge in [-0.05, 0) is 19.8 Å². The molecule has 98 valence electrons. The number of anilines is 2. The minimum atomic E-state index is 0.0764. The van der Waals surface area contributed by atoms with Crippen LogP contribution in [0.4, 0.5) is 11.6 Å². The van der Waals surface area contributed by atoms with Gasteiger partial charge in [0.1, 0.15) is 23.7 Å². The minimum absolute atomic E-state index is 0.0764. The van der Waals surface area contributed by atoms with E-state index in [0.717, 1.165) is 31.9 Å². The van der Waals surface area contributed by atoms with Crippen LogP contribution in [0.2, 0.25) is 0 Å². The van der Waals surface area contributed by atoms with E-state index >= 15 is 0 Å². The molecule has 0 atom stereocenters. The fourth-order valence-electron chi connectivity index (χ4n) is 1.80. The van der Waals surface area contributed by atoms with Crippen LogP contribution in [0.15, 0.2) is 12.4 Å². The van der Waals surface area contributed by atoms with Crippen LogP contribution >= 0.6 is 0 Å². The molecule has 1 aliphatic heterocycles. The number of rotatable bonds is 5. The molecule has 0 aromatic carbocycles. The fourth-order valence-corrected chi connectivity index (χ4v) is 1.80. The number of nitrogens with one attached hydrogen (secondary N) is 2. The zero-order chi connectivity index (χ0) is 12.8. The standard InChI is InChI=1S/C12H18N4O2/c1-9(17)7-13-11-6-12(15-8-14-11)16-10-2-4-18-5-3-10/h6,8,10H,2-5,7H2,1H3,(H2,13,14,15,16). The molecule has 2 heterocycles. The number of aromatic nitrogens is 2. The van der Waals surface area contributed by atoms with Crippen molar-refractivity contribution in [3.63, 3.8) is 0 Å². The zero-order valence-corrected chi connectivity index (χ0v) is 10.5. The van der Waals surface area contributed by atoms with Gasteiger partial charge >= 0.3 is 0 Å². The Balaban J connectivity index is 1.91. The summed E-state index contributed by atoms with van der Waals surface area (Å²) in [4.78, 5) is 19.1. The Bertz CT molecular complexity index is 405. The maximum Gasteiger partial charge on any atom is 0.148 e. The second kappa shape index (κ2) is 6.30. The third kappa shape index (κ3) is 3.96. The van der Waals surface area contributed by atoms with Crippen LogP contribution in [0.5, 0.6) is 0 Å². The number of Topliss-reactive ketones (excluding diaryl/α,β-unsaturated/α-hetero) is 1. The summed E-state index contributed by atoms with van der Waals surface area (Å²) in [5, 5.41) is 6.31. The van der Waals surface area contributed by atoms with Crippen LogP contribution in [0.1, 0.15) is 19.8 Å². The topological polar surface area (TPSA) is 76.1 Å². The average Bonchev–Trinajstić information content (AvgIpc) is 2.38. The highest BCUT2D eigenvalue weighted by Gasteiger charge is 2.13. The molecule has 0 amide bonds. The first-order valence-electron chi connectivity index (χ1n) is 6.13. The van der Waals surface area contributed by atoms with Gasteiger partial charge in [0.05, 0.1) is 6.54 Å². The van der Waals surface area contributed by atoms with E-state index in [9.17, 15) is 4.79 Å². The molecule has 6 nitrogen and oxygen atoms in total. The molecule has 6 heteroatoms. The van der Waals surface area contributed by atoms with E-state index in [-0.39, 0.29) is 12.3 Å². The van der Waals surface area contributed by atoms with Gasteiger partial charge in [-0.1, -0.05) is 0 Å². The van der Waals surface area contributed by atoms with Gasteiger partial charge in [-0.15, -0.1) is 0 Å². The van der Waals surface area contributed by atoms with Crippen molar-refractivity contribution in [1.29, 1.82) is 0 Å². The Morgan fingerprint density at radius 2 is 2.11 bits per heavy atom. The normalized spacial score (nSPS) is 16.3. The lowest BCUT2D eigenvalue weighted by Gasteiger charge is -2.23. The summed E-state index contributed by atoms with van der Waals surface area (Å²) < 4.78 is 5.30. The number of ketones is 1. The largest absolute Gasteiger partial charge is 0.381 e. The molecule has 0 radical (unpaired) electrons. The molecule has 1 aromatic rings. The molecule has 2 N–H and O–H groups in total. The molecule has 0 aliphatic carbocycles. The van der Waals surface area contributed by atoms with Crippen LogP contribution in [-0.4, -0.2) is 41.6 Å². The lowest BCUT2D eigenvalue weighted by Crippen LogP contribution is -2.28. The number of nitrogens with zero attached hydrogens (tertiary/aromatic N) is 2. The summed E-state index contributed by atoms with van der Waals surface area (Å²) >= 11 is 0. The van der Waals surface area contributed by atoms with E-state index in [2.05, 4.69) is 20.6 Å². The Kier molecular flexibility index (Phi) is 4.46. The molecular weight excluding hydrogens is 232 g/mol. The predicted molar refractivity (Wildman–Crippen MR) is 68.7 cm³/mol. The van der Waals surface area contributed by atoms with Crippen molar-refractivity contribution in [2.75, 3.05) is 30.4 Å². The third-order valence-corrected chi connectivity index (χ3v) is 2.76. The summed E-state index contributed by atoms with van der Waals surface area (Å²) in [6.45, 7) is 3.40. The third-order valence-electron chi connectivity index (χ3n) is 2.76. The number of hydrogen-bond acceptors (Lipinski definition) is 6. The highest BCUT2D eigenvalue weighted by Crippen LogP contribution is 2.14. The molecule has 0 bridgehead atoms. The summed E-state index contributed by atoms with van der Waals surface area (Å²) in [6.07, 6.45) is 3.46. The molecular formula is C12H18N4O2. The lowest BCUT2D eigenvalue weighted by molar-refractivity contribution is -0.115. The highest BCUT2D eigenvalue weighted by atomic mass is 16.5. The summed E-state index contributed by atoms with van der Waals surface area (Å²) in [6, 6.07) is 2.22. The van der Waals surface area contributed by atoms with Crippen molar-refractivity contribution in [3.05, 3.63) is 12.4 Å². The quantitative estimate of drug-likeness (QED) is 0.814. The van der Waals surface area contributed by atoms with E-state index in [1.807, 2.05) is 6.07 Å². The van der Waals surface area contributed by atoms with Gasteiger partial charge in [0.25, 0.3) is 0 Å². The monoisotopic (exact) mass is 250 g/mol. The number of carbonyl (C=O) groups is 1. The van der Waals surface area contributed by atoms with Gasteiger partial charge in [-0.3, -0.25) is 4.79 Å². The molecule has 0 saturated carbocycles. The van der Waals surface area contributed by atoms with Crippen LogP contribution in [0, 0.1) is 0 Å². The average molecular weight is 250 g/mol. The SMILES string of the molecule is CC(=O)CNc1cc(NC2CCOCC2)ncn1. The Hall–Kier alpha value is -1.69. The van der Waals surface area contributed by atoms with Gasteiger partial charge in [0, 0.05) is 25.3 Å². The maximum atomic E-state index is 10.9. The number of carbonyl (C=O) groups excluding carboxylic acids is 1. The van der Waals surface area contributed by atoms with Gasteiger partial charge in [-0.2, -0.15) is 0 Å². The van der Waals surface area contributed by atoms with E-state index in [0.29, 0.717) is 11.9 Å². The van der Waals surface area contributed by atoms with Crippen LogP contribution in [0.25, 0.3) is 0 Å². The first kappa shape index (κ1) is 12.8. The zero-order valence-electron chi connectivity index (χ0n) is 10.5. The van der Waals surface area contributed by atoms with Crippen molar-refractivity contribution in [2.24, 2.45) is 0 Å². The Morgan fingerprint density at radius 1 is 1.39 bits per heavy atom. The highest BCUT2D eigenvalue weighted by molar-refractivity contribution is 5.80. The van der Waals surface area contributed by atoms with Crippen LogP contribution in [0.3, 0.4) is 0 Å². The summed E-state index contributed by atoms with van der Waals surface area (Å²) in [5.74, 6) is 1.52. The van der Waals surface area contributed by atoms with Crippen molar-refractivity contribution in [1.82, 2.24) is 9.97 Å². The molecule has 1 fully saturated rings. The van der Waals surface area contributed by atoms with E-state index in [4.69, 9.17) is 4.74 Å². The molecule has 18 heavy (non-hydrogen) atoms. The summed E-state index contributed by atoms with van der Waals surface area (Å²) in [7, 11) is 0. The van der Waals surface area contributed by atoms with Gasteiger partial charge in [-0.25, -0.2) is 9.97 Å². The van der Waals surface area contributed by atoms with Crippen molar-refractivity contribution >= 4 is 17.4 Å². The summed E-state index contributed by atoms with van der Waals surface area (Å²) in [5.41, 5.74) is 0. The lowest BCUT2D eigenvalue weighted by atomic mass is 10.1. The molecule has 0 unspecified atom stereocenters. The molecule has 1 saturated heterocycles. The predicted octanol–water partition coefficient (Wildman–Crippen LogP) is 1.07. The molecule has 0 spiro atoms. The van der Waals surface area contributed by atoms with E-state index in [1.54, 1.807) is 0 Å². The molecule has 1 aromatic heterocycles. The Morgan fingerprint density at radius 3 is 2.83 bits per heavy atom. The maximum absolute atomic E-state index is 10.9.